The van der Waals surface area contributed by atoms with Crippen molar-refractivity contribution in [2.75, 3.05) is 0 Å². The monoisotopic (exact) mass is 320 g/mol. The van der Waals surface area contributed by atoms with Crippen molar-refractivity contribution in [3.63, 3.8) is 0 Å². The van der Waals surface area contributed by atoms with Crippen LogP contribution in [0.2, 0.25) is 0 Å². The summed E-state index contributed by atoms with van der Waals surface area (Å²) < 4.78 is 0. The van der Waals surface area contributed by atoms with Gasteiger partial charge in [0.25, 0.3) is 0 Å². The van der Waals surface area contributed by atoms with E-state index in [0.29, 0.717) is 0 Å². The lowest BCUT2D eigenvalue weighted by Gasteiger charge is -2.20. The van der Waals surface area contributed by atoms with Gasteiger partial charge in [0.1, 0.15) is 0 Å². The summed E-state index contributed by atoms with van der Waals surface area (Å²) in [5.74, 6) is 4.88. The molecule has 1 aliphatic carbocycles. The van der Waals surface area contributed by atoms with E-state index >= 15 is 0 Å². The molecular formula is C23H44. The molecule has 1 saturated carbocycles. The van der Waals surface area contributed by atoms with Crippen LogP contribution in [0.25, 0.3) is 0 Å². The van der Waals surface area contributed by atoms with Crippen LogP contribution in [0.15, 0.2) is 12.2 Å². The van der Waals surface area contributed by atoms with E-state index in [1.807, 2.05) is 0 Å². The molecule has 0 nitrogen and oxygen atoms in total. The van der Waals surface area contributed by atoms with Gasteiger partial charge in [-0.05, 0) is 61.7 Å². The van der Waals surface area contributed by atoms with Gasteiger partial charge < -0.3 is 0 Å². The van der Waals surface area contributed by atoms with E-state index in [9.17, 15) is 0 Å². The fourth-order valence-corrected chi connectivity index (χ4v) is 3.79. The third kappa shape index (κ3) is 10.3. The van der Waals surface area contributed by atoms with Gasteiger partial charge in [0.2, 0.25) is 0 Å². The topological polar surface area (TPSA) is 0 Å². The van der Waals surface area contributed by atoms with Crippen molar-refractivity contribution in [1.82, 2.24) is 0 Å². The van der Waals surface area contributed by atoms with E-state index in [2.05, 4.69) is 46.8 Å². The molecule has 0 aliphatic heterocycles. The summed E-state index contributed by atoms with van der Waals surface area (Å²) in [6.45, 7) is 11.9. The second kappa shape index (κ2) is 12.2. The lowest BCUT2D eigenvalue weighted by Crippen LogP contribution is -2.08. The van der Waals surface area contributed by atoms with Crippen molar-refractivity contribution >= 4 is 0 Å². The molecule has 136 valence electrons. The van der Waals surface area contributed by atoms with E-state index in [1.54, 1.807) is 0 Å². The Bertz CT molecular complexity index is 301. The normalized spacial score (nSPS) is 23.6. The van der Waals surface area contributed by atoms with Crippen molar-refractivity contribution in [1.29, 1.82) is 0 Å². The first-order valence-corrected chi connectivity index (χ1v) is 10.7. The SMILES string of the molecule is CCCC=CCCC1CC1CCC(C)C(C)CCCCC(C)C. The summed E-state index contributed by atoms with van der Waals surface area (Å²) in [6.07, 6.45) is 20.4. The zero-order valence-corrected chi connectivity index (χ0v) is 16.8. The lowest BCUT2D eigenvalue weighted by atomic mass is 9.86. The molecule has 0 saturated heterocycles. The third-order valence-electron chi connectivity index (χ3n) is 6.05. The summed E-state index contributed by atoms with van der Waals surface area (Å²) in [6, 6.07) is 0. The third-order valence-corrected chi connectivity index (χ3v) is 6.05. The summed E-state index contributed by atoms with van der Waals surface area (Å²) in [7, 11) is 0. The second-order valence-electron chi connectivity index (χ2n) is 8.80. The first-order valence-electron chi connectivity index (χ1n) is 10.7. The molecule has 0 aromatic rings. The Hall–Kier alpha value is -0.260. The Morgan fingerprint density at radius 1 is 0.783 bits per heavy atom. The van der Waals surface area contributed by atoms with E-state index in [0.717, 1.165) is 29.6 Å². The molecule has 0 radical (unpaired) electrons. The Balaban J connectivity index is 2.00. The quantitative estimate of drug-likeness (QED) is 0.224. The maximum atomic E-state index is 2.50. The van der Waals surface area contributed by atoms with Crippen LogP contribution in [-0.4, -0.2) is 0 Å². The molecule has 0 N–H and O–H groups in total. The number of rotatable bonds is 14. The first-order chi connectivity index (χ1) is 11.0. The van der Waals surface area contributed by atoms with Crippen LogP contribution in [-0.2, 0) is 0 Å². The largest absolute Gasteiger partial charge is 0.0885 e. The number of allylic oxidation sites excluding steroid dienone is 2. The van der Waals surface area contributed by atoms with E-state index in [4.69, 9.17) is 0 Å². The minimum atomic E-state index is 0.881. The van der Waals surface area contributed by atoms with Crippen molar-refractivity contribution < 1.29 is 0 Å². The summed E-state index contributed by atoms with van der Waals surface area (Å²) in [4.78, 5) is 0. The molecule has 0 heteroatoms. The predicted molar refractivity (Wildman–Crippen MR) is 106 cm³/mol. The zero-order chi connectivity index (χ0) is 17.1. The van der Waals surface area contributed by atoms with Gasteiger partial charge >= 0.3 is 0 Å². The highest BCUT2D eigenvalue weighted by Gasteiger charge is 2.35. The van der Waals surface area contributed by atoms with Crippen molar-refractivity contribution in [3.05, 3.63) is 12.2 Å². The van der Waals surface area contributed by atoms with Crippen LogP contribution in [0.1, 0.15) is 105 Å². The molecule has 0 spiro atoms. The molecule has 4 unspecified atom stereocenters. The van der Waals surface area contributed by atoms with Gasteiger partial charge in [-0.25, -0.2) is 0 Å². The highest BCUT2D eigenvalue weighted by Crippen LogP contribution is 2.46. The van der Waals surface area contributed by atoms with Crippen molar-refractivity contribution in [3.8, 4) is 0 Å². The first kappa shape index (κ1) is 20.8. The summed E-state index contributed by atoms with van der Waals surface area (Å²) >= 11 is 0. The minimum absolute atomic E-state index is 0.881. The van der Waals surface area contributed by atoms with Crippen LogP contribution in [0, 0.1) is 29.6 Å². The molecule has 0 amide bonds. The smallest absolute Gasteiger partial charge is 0.0348 e. The molecule has 23 heavy (non-hydrogen) atoms. The molecule has 1 fully saturated rings. The predicted octanol–water partition coefficient (Wildman–Crippen LogP) is 8.03. The number of unbranched alkanes of at least 4 members (excludes halogenated alkanes) is 2. The maximum Gasteiger partial charge on any atom is -0.0348 e. The number of hydrogen-bond donors (Lipinski definition) is 0. The Labute approximate surface area is 147 Å². The van der Waals surface area contributed by atoms with Gasteiger partial charge in [0, 0.05) is 0 Å². The standard InChI is InChI=1S/C23H44/c1-6-7-8-9-10-15-22-18-23(22)17-16-21(5)20(4)14-12-11-13-19(2)3/h8-9,19-23H,6-7,10-18H2,1-5H3. The summed E-state index contributed by atoms with van der Waals surface area (Å²) in [5.41, 5.74) is 0. The molecule has 0 bridgehead atoms. The van der Waals surface area contributed by atoms with E-state index in [1.165, 1.54) is 70.6 Å². The number of hydrogen-bond acceptors (Lipinski definition) is 0. The van der Waals surface area contributed by atoms with E-state index in [-0.39, 0.29) is 0 Å². The maximum absolute atomic E-state index is 2.50. The fraction of sp³-hybridized carbons (Fsp3) is 0.913. The van der Waals surface area contributed by atoms with Crippen molar-refractivity contribution in [2.45, 2.75) is 105 Å². The zero-order valence-electron chi connectivity index (χ0n) is 16.8. The average Bonchev–Trinajstić information content (AvgIpc) is 3.27. The van der Waals surface area contributed by atoms with Gasteiger partial charge in [0.05, 0.1) is 0 Å². The van der Waals surface area contributed by atoms with Gasteiger partial charge in [0.15, 0.2) is 0 Å². The van der Waals surface area contributed by atoms with Crippen LogP contribution >= 0.6 is 0 Å². The fourth-order valence-electron chi connectivity index (χ4n) is 3.79. The van der Waals surface area contributed by atoms with Gasteiger partial charge in [-0.15, -0.1) is 0 Å². The Morgan fingerprint density at radius 3 is 2.09 bits per heavy atom. The Kier molecular flexibility index (Phi) is 11.0. The Morgan fingerprint density at radius 2 is 1.39 bits per heavy atom. The van der Waals surface area contributed by atoms with Crippen LogP contribution < -0.4 is 0 Å². The average molecular weight is 321 g/mol. The minimum Gasteiger partial charge on any atom is -0.0885 e. The molecule has 4 atom stereocenters. The lowest BCUT2D eigenvalue weighted by molar-refractivity contribution is 0.316. The molecule has 0 aromatic carbocycles. The molecule has 0 heterocycles. The van der Waals surface area contributed by atoms with Crippen LogP contribution in [0.5, 0.6) is 0 Å². The summed E-state index contributed by atoms with van der Waals surface area (Å²) in [5, 5.41) is 0. The van der Waals surface area contributed by atoms with E-state index < -0.39 is 0 Å². The van der Waals surface area contributed by atoms with Crippen LogP contribution in [0.3, 0.4) is 0 Å². The second-order valence-corrected chi connectivity index (χ2v) is 8.80. The highest BCUT2D eigenvalue weighted by molar-refractivity contribution is 4.90. The van der Waals surface area contributed by atoms with Gasteiger partial charge in [-0.1, -0.05) is 85.3 Å². The van der Waals surface area contributed by atoms with Crippen molar-refractivity contribution in [2.24, 2.45) is 29.6 Å². The van der Waals surface area contributed by atoms with Gasteiger partial charge in [-0.2, -0.15) is 0 Å². The van der Waals surface area contributed by atoms with Gasteiger partial charge in [-0.3, -0.25) is 0 Å². The molecule has 1 aliphatic rings. The van der Waals surface area contributed by atoms with Crippen LogP contribution in [0.4, 0.5) is 0 Å². The molecule has 0 aromatic heterocycles. The molecular weight excluding hydrogens is 276 g/mol. The molecule has 1 rings (SSSR count). The highest BCUT2D eigenvalue weighted by atomic mass is 14.4.